The van der Waals surface area contributed by atoms with Crippen LogP contribution in [0.4, 0.5) is 0 Å². The molecule has 1 unspecified atom stereocenters. The van der Waals surface area contributed by atoms with Gasteiger partial charge in [-0.05, 0) is 49.7 Å². The molecule has 1 rings (SSSR count). The summed E-state index contributed by atoms with van der Waals surface area (Å²) in [6.07, 6.45) is 2.45. The number of hydrazine groups is 1. The Balaban J connectivity index is 2.85. The van der Waals surface area contributed by atoms with Crippen LogP contribution in [0.25, 0.3) is 0 Å². The van der Waals surface area contributed by atoms with E-state index in [1.807, 2.05) is 38.1 Å². The zero-order valence-electron chi connectivity index (χ0n) is 21.5. The standard InChI is InChI=1S/C25H40N2O7S/c1-6-33-22(28)14-13-19-10-8-11-20(16-19)21(24(30)27-26-5)12-9-15-25(3,4)18-35(31,32)17-23(29)34-7-2/h8,10-11,16,21,26H,6-7,9,12-15,17-18H2,1-5H3,(H,27,30). The summed E-state index contributed by atoms with van der Waals surface area (Å²) in [5.41, 5.74) is 6.50. The fourth-order valence-electron chi connectivity index (χ4n) is 3.99. The third-order valence-electron chi connectivity index (χ3n) is 5.44. The molecule has 0 saturated carbocycles. The predicted molar refractivity (Wildman–Crippen MR) is 134 cm³/mol. The highest BCUT2D eigenvalue weighted by atomic mass is 32.2. The second-order valence-corrected chi connectivity index (χ2v) is 11.3. The van der Waals surface area contributed by atoms with Crippen molar-refractivity contribution in [3.8, 4) is 0 Å². The molecule has 0 radical (unpaired) electrons. The molecule has 1 amide bonds. The Kier molecular flexibility index (Phi) is 13.0. The van der Waals surface area contributed by atoms with Crippen molar-refractivity contribution in [3.63, 3.8) is 0 Å². The molecule has 35 heavy (non-hydrogen) atoms. The maximum Gasteiger partial charge on any atom is 0.321 e. The lowest BCUT2D eigenvalue weighted by Crippen LogP contribution is -2.38. The number of hydrogen-bond acceptors (Lipinski definition) is 8. The second-order valence-electron chi connectivity index (χ2n) is 9.24. The largest absolute Gasteiger partial charge is 0.466 e. The lowest BCUT2D eigenvalue weighted by atomic mass is 9.85. The van der Waals surface area contributed by atoms with Gasteiger partial charge in [-0.1, -0.05) is 44.5 Å². The lowest BCUT2D eigenvalue weighted by molar-refractivity contribution is -0.143. The van der Waals surface area contributed by atoms with E-state index in [4.69, 9.17) is 9.47 Å². The summed E-state index contributed by atoms with van der Waals surface area (Å²) in [7, 11) is -2.00. The maximum atomic E-state index is 12.8. The van der Waals surface area contributed by atoms with Gasteiger partial charge < -0.3 is 9.47 Å². The van der Waals surface area contributed by atoms with Crippen LogP contribution in [0.1, 0.15) is 70.4 Å². The fourth-order valence-corrected chi connectivity index (χ4v) is 5.87. The molecular weight excluding hydrogens is 472 g/mol. The number of rotatable bonds is 16. The van der Waals surface area contributed by atoms with Crippen molar-refractivity contribution < 1.29 is 32.3 Å². The van der Waals surface area contributed by atoms with Gasteiger partial charge in [0.25, 0.3) is 0 Å². The highest BCUT2D eigenvalue weighted by molar-refractivity contribution is 7.92. The third kappa shape index (κ3) is 12.2. The van der Waals surface area contributed by atoms with Crippen LogP contribution in [0.5, 0.6) is 0 Å². The van der Waals surface area contributed by atoms with Crippen molar-refractivity contribution in [2.45, 2.75) is 65.7 Å². The number of hydrogen-bond donors (Lipinski definition) is 2. The molecule has 9 nitrogen and oxygen atoms in total. The number of benzene rings is 1. The van der Waals surface area contributed by atoms with Crippen molar-refractivity contribution in [2.24, 2.45) is 5.41 Å². The monoisotopic (exact) mass is 512 g/mol. The first kappa shape index (κ1) is 30.6. The first-order valence-corrected chi connectivity index (χ1v) is 13.8. The summed E-state index contributed by atoms with van der Waals surface area (Å²) in [6.45, 7) is 7.55. The van der Waals surface area contributed by atoms with E-state index in [-0.39, 0.29) is 30.7 Å². The number of esters is 2. The molecule has 0 aromatic heterocycles. The molecule has 1 atom stereocenters. The molecule has 0 spiro atoms. The van der Waals surface area contributed by atoms with Crippen molar-refractivity contribution in [2.75, 3.05) is 31.8 Å². The zero-order chi connectivity index (χ0) is 26.5. The molecule has 198 valence electrons. The van der Waals surface area contributed by atoms with Gasteiger partial charge in [-0.15, -0.1) is 0 Å². The van der Waals surface area contributed by atoms with Gasteiger partial charge in [0.1, 0.15) is 5.75 Å². The fraction of sp³-hybridized carbons (Fsp3) is 0.640. The Morgan fingerprint density at radius 2 is 1.71 bits per heavy atom. The Labute approximate surface area is 209 Å². The van der Waals surface area contributed by atoms with Crippen LogP contribution in [-0.4, -0.2) is 58.0 Å². The van der Waals surface area contributed by atoms with Crippen molar-refractivity contribution in [3.05, 3.63) is 35.4 Å². The van der Waals surface area contributed by atoms with Crippen LogP contribution in [0, 0.1) is 5.41 Å². The van der Waals surface area contributed by atoms with Crippen molar-refractivity contribution >= 4 is 27.7 Å². The summed E-state index contributed by atoms with van der Waals surface area (Å²) < 4.78 is 34.6. The van der Waals surface area contributed by atoms with Gasteiger partial charge in [-0.25, -0.2) is 13.8 Å². The molecule has 0 fully saturated rings. The van der Waals surface area contributed by atoms with Crippen LogP contribution >= 0.6 is 0 Å². The van der Waals surface area contributed by atoms with Crippen LogP contribution in [-0.2, 0) is 40.1 Å². The Hall–Kier alpha value is -2.46. The predicted octanol–water partition coefficient (Wildman–Crippen LogP) is 2.69. The van der Waals surface area contributed by atoms with Crippen molar-refractivity contribution in [1.82, 2.24) is 10.9 Å². The number of nitrogens with one attached hydrogen (secondary N) is 2. The number of aryl methyl sites for hydroxylation is 1. The summed E-state index contributed by atoms with van der Waals surface area (Å²) in [5, 5.41) is 0. The average molecular weight is 513 g/mol. The number of carbonyl (C=O) groups excluding carboxylic acids is 3. The van der Waals surface area contributed by atoms with E-state index >= 15 is 0 Å². The van der Waals surface area contributed by atoms with Gasteiger partial charge in [-0.2, -0.15) is 0 Å². The molecule has 2 N–H and O–H groups in total. The third-order valence-corrected chi connectivity index (χ3v) is 7.34. The summed E-state index contributed by atoms with van der Waals surface area (Å²) >= 11 is 0. The zero-order valence-corrected chi connectivity index (χ0v) is 22.3. The van der Waals surface area contributed by atoms with Crippen LogP contribution in [0.3, 0.4) is 0 Å². The van der Waals surface area contributed by atoms with Crippen LogP contribution in [0.15, 0.2) is 24.3 Å². The number of carbonyl (C=O) groups is 3. The first-order chi connectivity index (χ1) is 16.4. The minimum absolute atomic E-state index is 0.137. The molecule has 0 saturated heterocycles. The van der Waals surface area contributed by atoms with Gasteiger partial charge in [0.15, 0.2) is 9.84 Å². The van der Waals surface area contributed by atoms with Gasteiger partial charge >= 0.3 is 11.9 Å². The number of amides is 1. The molecule has 0 aliphatic rings. The minimum atomic E-state index is -3.61. The van der Waals surface area contributed by atoms with E-state index in [1.165, 1.54) is 0 Å². The molecule has 0 heterocycles. The molecule has 10 heteroatoms. The average Bonchev–Trinajstić information content (AvgIpc) is 2.74. The highest BCUT2D eigenvalue weighted by Crippen LogP contribution is 2.30. The Morgan fingerprint density at radius 3 is 2.34 bits per heavy atom. The quantitative estimate of drug-likeness (QED) is 0.256. The van der Waals surface area contributed by atoms with Gasteiger partial charge in [-0.3, -0.25) is 19.8 Å². The van der Waals surface area contributed by atoms with Crippen molar-refractivity contribution in [1.29, 1.82) is 0 Å². The SMILES string of the molecule is CCOC(=O)CCc1cccc(C(CCCC(C)(C)CS(=O)(=O)CC(=O)OCC)C(=O)NNC)c1. The summed E-state index contributed by atoms with van der Waals surface area (Å²) in [4.78, 5) is 36.1. The molecule has 1 aromatic carbocycles. The maximum absolute atomic E-state index is 12.8. The molecule has 0 aliphatic carbocycles. The highest BCUT2D eigenvalue weighted by Gasteiger charge is 2.29. The smallest absolute Gasteiger partial charge is 0.321 e. The molecule has 0 aliphatic heterocycles. The summed E-state index contributed by atoms with van der Waals surface area (Å²) in [6, 6.07) is 7.57. The van der Waals surface area contributed by atoms with Crippen LogP contribution in [0.2, 0.25) is 0 Å². The number of ether oxygens (including phenoxy) is 2. The molecular formula is C25H40N2O7S. The van der Waals surface area contributed by atoms with E-state index in [1.54, 1.807) is 20.9 Å². The molecule has 1 aromatic rings. The topological polar surface area (TPSA) is 128 Å². The van der Waals surface area contributed by atoms with Gasteiger partial charge in [0.05, 0.1) is 24.9 Å². The Morgan fingerprint density at radius 1 is 1.06 bits per heavy atom. The second kappa shape index (κ2) is 14.8. The van der Waals surface area contributed by atoms with E-state index in [2.05, 4.69) is 10.9 Å². The first-order valence-electron chi connectivity index (χ1n) is 12.0. The minimum Gasteiger partial charge on any atom is -0.466 e. The van der Waals surface area contributed by atoms with Gasteiger partial charge in [0, 0.05) is 13.5 Å². The Bertz CT molecular complexity index is 945. The number of sulfone groups is 1. The van der Waals surface area contributed by atoms with E-state index in [9.17, 15) is 22.8 Å². The van der Waals surface area contributed by atoms with E-state index < -0.39 is 32.9 Å². The normalized spacial score (nSPS) is 12.6. The molecule has 0 bridgehead atoms. The lowest BCUT2D eigenvalue weighted by Gasteiger charge is -2.25. The van der Waals surface area contributed by atoms with E-state index in [0.29, 0.717) is 32.3 Å². The van der Waals surface area contributed by atoms with Crippen LogP contribution < -0.4 is 10.9 Å². The van der Waals surface area contributed by atoms with E-state index in [0.717, 1.165) is 11.1 Å². The van der Waals surface area contributed by atoms with Gasteiger partial charge in [0.2, 0.25) is 5.91 Å². The summed E-state index contributed by atoms with van der Waals surface area (Å²) in [5.74, 6) is -2.41.